The van der Waals surface area contributed by atoms with E-state index in [-0.39, 0.29) is 0 Å². The Labute approximate surface area is 111 Å². The molecule has 0 aliphatic heterocycles. The van der Waals surface area contributed by atoms with Crippen LogP contribution in [0.3, 0.4) is 0 Å². The second kappa shape index (κ2) is 21.4. The van der Waals surface area contributed by atoms with Crippen LogP contribution in [0.2, 0.25) is 0 Å². The first kappa shape index (κ1) is 25.8. The number of carbonyl (C=O) groups is 3. The van der Waals surface area contributed by atoms with Gasteiger partial charge in [0.25, 0.3) is 0 Å². The fourth-order valence-electron chi connectivity index (χ4n) is 0.245. The zero-order valence-corrected chi connectivity index (χ0v) is 11.4. The Balaban J connectivity index is -0.000000103. The standard InChI is InChI=1S/C3H3NO6.3C2H7N/c5-1(6)4(2(7)8)3(9)10;3*1-2-3/h(H,5,6)(H,7,8)(H,9,10);3*2-3H2,1H3. The molecule has 0 aromatic heterocycles. The first-order chi connectivity index (χ1) is 8.71. The Kier molecular flexibility index (Phi) is 29.1. The van der Waals surface area contributed by atoms with Crippen molar-refractivity contribution in [2.75, 3.05) is 19.6 Å². The molecule has 0 aliphatic rings. The molecule has 0 radical (unpaired) electrons. The SMILES string of the molecule is CCN.CCN.CCN.O=C(O)N(C(=O)O)C(=O)O. The van der Waals surface area contributed by atoms with Crippen molar-refractivity contribution < 1.29 is 29.7 Å². The summed E-state index contributed by atoms with van der Waals surface area (Å²) in [6, 6.07) is 0. The molecule has 0 spiro atoms. The summed E-state index contributed by atoms with van der Waals surface area (Å²) in [5, 5.41) is 23.6. The van der Waals surface area contributed by atoms with Crippen molar-refractivity contribution in [1.82, 2.24) is 4.90 Å². The lowest BCUT2D eigenvalue weighted by Crippen LogP contribution is -2.38. The van der Waals surface area contributed by atoms with Gasteiger partial charge in [-0.15, -0.1) is 4.90 Å². The van der Waals surface area contributed by atoms with Crippen molar-refractivity contribution in [2.45, 2.75) is 20.8 Å². The van der Waals surface area contributed by atoms with Gasteiger partial charge < -0.3 is 32.5 Å². The van der Waals surface area contributed by atoms with E-state index in [0.29, 0.717) is 0 Å². The number of nitrogens with zero attached hydrogens (tertiary/aromatic N) is 1. The summed E-state index contributed by atoms with van der Waals surface area (Å²) in [6.45, 7) is 7.96. The zero-order valence-electron chi connectivity index (χ0n) is 11.4. The van der Waals surface area contributed by atoms with Gasteiger partial charge in [-0.2, -0.15) is 0 Å². The Bertz CT molecular complexity index is 199. The van der Waals surface area contributed by atoms with Crippen molar-refractivity contribution in [3.63, 3.8) is 0 Å². The van der Waals surface area contributed by atoms with Crippen LogP contribution in [0.25, 0.3) is 0 Å². The first-order valence-corrected chi connectivity index (χ1v) is 5.30. The molecule has 0 rings (SSSR count). The highest BCUT2D eigenvalue weighted by Gasteiger charge is 2.26. The van der Waals surface area contributed by atoms with E-state index in [1.54, 1.807) is 0 Å². The van der Waals surface area contributed by atoms with Gasteiger partial charge in [0, 0.05) is 0 Å². The molecule has 0 atom stereocenters. The summed E-state index contributed by atoms with van der Waals surface area (Å²) in [6.07, 6.45) is -6.12. The van der Waals surface area contributed by atoms with E-state index < -0.39 is 23.2 Å². The van der Waals surface area contributed by atoms with Crippen molar-refractivity contribution in [2.24, 2.45) is 17.2 Å². The summed E-state index contributed by atoms with van der Waals surface area (Å²) < 4.78 is 0. The molecule has 0 fully saturated rings. The second-order valence-electron chi connectivity index (χ2n) is 2.41. The van der Waals surface area contributed by atoms with Crippen LogP contribution in [0.5, 0.6) is 0 Å². The smallest absolute Gasteiger partial charge is 0.426 e. The summed E-state index contributed by atoms with van der Waals surface area (Å²) in [5.74, 6) is 0. The Morgan fingerprint density at radius 1 is 0.737 bits per heavy atom. The molecular formula is C9H24N4O6. The highest BCUT2D eigenvalue weighted by atomic mass is 16.5. The first-order valence-electron chi connectivity index (χ1n) is 5.30. The Morgan fingerprint density at radius 2 is 0.842 bits per heavy atom. The minimum absolute atomic E-state index is 0.750. The quantitative estimate of drug-likeness (QED) is 0.360. The number of rotatable bonds is 0. The van der Waals surface area contributed by atoms with Gasteiger partial charge in [-0.25, -0.2) is 14.4 Å². The van der Waals surface area contributed by atoms with E-state index in [1.807, 2.05) is 20.8 Å². The number of amides is 3. The molecule has 0 saturated heterocycles. The molecule has 0 aromatic rings. The third-order valence-electron chi connectivity index (χ3n) is 0.574. The average molecular weight is 284 g/mol. The van der Waals surface area contributed by atoms with Gasteiger partial charge in [-0.05, 0) is 19.6 Å². The minimum Gasteiger partial charge on any atom is -0.464 e. The summed E-state index contributed by atoms with van der Waals surface area (Å²) in [5.41, 5.74) is 14.5. The van der Waals surface area contributed by atoms with Crippen molar-refractivity contribution in [3.8, 4) is 0 Å². The molecule has 0 heterocycles. The molecule has 0 aromatic carbocycles. The lowest BCUT2D eigenvalue weighted by atomic mass is 10.8. The maximum Gasteiger partial charge on any atom is 0.426 e. The van der Waals surface area contributed by atoms with Crippen molar-refractivity contribution in [1.29, 1.82) is 0 Å². The van der Waals surface area contributed by atoms with E-state index >= 15 is 0 Å². The summed E-state index contributed by atoms with van der Waals surface area (Å²) >= 11 is 0. The van der Waals surface area contributed by atoms with Crippen LogP contribution in [-0.4, -0.2) is 58.1 Å². The monoisotopic (exact) mass is 284 g/mol. The van der Waals surface area contributed by atoms with Gasteiger partial charge in [-0.1, -0.05) is 20.8 Å². The molecule has 116 valence electrons. The molecule has 0 saturated carbocycles. The molecule has 3 amide bonds. The summed E-state index contributed by atoms with van der Waals surface area (Å²) in [7, 11) is 0. The van der Waals surface area contributed by atoms with Crippen LogP contribution in [0.15, 0.2) is 0 Å². The molecule has 9 N–H and O–H groups in total. The highest BCUT2D eigenvalue weighted by Crippen LogP contribution is 1.90. The average Bonchev–Trinajstić information content (AvgIpc) is 2.18. The predicted octanol–water partition coefficient (Wildman–Crippen LogP) is 0.217. The number of hydrogen-bond donors (Lipinski definition) is 6. The van der Waals surface area contributed by atoms with Crippen LogP contribution in [0.1, 0.15) is 20.8 Å². The van der Waals surface area contributed by atoms with Crippen molar-refractivity contribution in [3.05, 3.63) is 0 Å². The largest absolute Gasteiger partial charge is 0.464 e. The fraction of sp³-hybridized carbons (Fsp3) is 0.667. The lowest BCUT2D eigenvalue weighted by Gasteiger charge is -2.04. The van der Waals surface area contributed by atoms with Gasteiger partial charge in [0.1, 0.15) is 0 Å². The van der Waals surface area contributed by atoms with Gasteiger partial charge in [-0.3, -0.25) is 0 Å². The highest BCUT2D eigenvalue weighted by molar-refractivity contribution is 6.01. The van der Waals surface area contributed by atoms with Crippen molar-refractivity contribution >= 4 is 18.3 Å². The fourth-order valence-corrected chi connectivity index (χ4v) is 0.245. The molecule has 19 heavy (non-hydrogen) atoms. The summed E-state index contributed by atoms with van der Waals surface area (Å²) in [4.78, 5) is 28.5. The molecule has 10 nitrogen and oxygen atoms in total. The van der Waals surface area contributed by atoms with Crippen LogP contribution in [0.4, 0.5) is 14.4 Å². The normalized spacial score (nSPS) is 7.26. The van der Waals surface area contributed by atoms with Crippen LogP contribution < -0.4 is 17.2 Å². The molecular weight excluding hydrogens is 260 g/mol. The number of imide groups is 3. The maximum atomic E-state index is 9.75. The third kappa shape index (κ3) is 31.4. The third-order valence-corrected chi connectivity index (χ3v) is 0.574. The van der Waals surface area contributed by atoms with Crippen LogP contribution in [0, 0.1) is 0 Å². The van der Waals surface area contributed by atoms with Gasteiger partial charge in [0.05, 0.1) is 0 Å². The topological polar surface area (TPSA) is 193 Å². The second-order valence-corrected chi connectivity index (χ2v) is 2.41. The van der Waals surface area contributed by atoms with E-state index in [9.17, 15) is 14.4 Å². The Morgan fingerprint density at radius 3 is 0.842 bits per heavy atom. The van der Waals surface area contributed by atoms with Gasteiger partial charge >= 0.3 is 18.3 Å². The van der Waals surface area contributed by atoms with Gasteiger partial charge in [0.15, 0.2) is 0 Å². The lowest BCUT2D eigenvalue weighted by molar-refractivity contribution is 0.111. The Hall–Kier alpha value is -1.91. The maximum absolute atomic E-state index is 9.75. The zero-order chi connectivity index (χ0) is 16.4. The molecule has 0 bridgehead atoms. The van der Waals surface area contributed by atoms with E-state index in [0.717, 1.165) is 19.6 Å². The minimum atomic E-state index is -2.04. The molecule has 0 aliphatic carbocycles. The number of hydrogen-bond acceptors (Lipinski definition) is 6. The molecule has 0 unspecified atom stereocenters. The molecule has 10 heteroatoms. The van der Waals surface area contributed by atoms with E-state index in [2.05, 4.69) is 0 Å². The van der Waals surface area contributed by atoms with Crippen LogP contribution in [-0.2, 0) is 0 Å². The van der Waals surface area contributed by atoms with Crippen LogP contribution >= 0.6 is 0 Å². The van der Waals surface area contributed by atoms with E-state index in [4.69, 9.17) is 32.5 Å². The predicted molar refractivity (Wildman–Crippen MR) is 70.1 cm³/mol. The number of carboxylic acid groups (broad SMARTS) is 3. The van der Waals surface area contributed by atoms with Gasteiger partial charge in [0.2, 0.25) is 0 Å². The van der Waals surface area contributed by atoms with E-state index in [1.165, 1.54) is 0 Å². The number of nitrogens with two attached hydrogens (primary N) is 3.